The van der Waals surface area contributed by atoms with Crippen LogP contribution < -0.4 is 10.1 Å². The van der Waals surface area contributed by atoms with Crippen molar-refractivity contribution in [3.8, 4) is 5.75 Å². The molecule has 1 saturated heterocycles. The van der Waals surface area contributed by atoms with Crippen LogP contribution in [0.2, 0.25) is 0 Å². The smallest absolute Gasteiger partial charge is 0.131 e. The Kier molecular flexibility index (Phi) is 6.03. The average Bonchev–Trinajstić information content (AvgIpc) is 3.46. The number of aromatic nitrogens is 1. The maximum absolute atomic E-state index is 7.25. The number of allylic oxidation sites excluding steroid dienone is 5. The third-order valence-electron chi connectivity index (χ3n) is 11.7. The van der Waals surface area contributed by atoms with E-state index >= 15 is 0 Å². The second-order valence-corrected chi connectivity index (χ2v) is 13.9. The molecule has 2 aromatic carbocycles. The maximum Gasteiger partial charge on any atom is 0.131 e. The highest BCUT2D eigenvalue weighted by atomic mass is 16.5. The fourth-order valence-electron chi connectivity index (χ4n) is 9.85. The van der Waals surface area contributed by atoms with E-state index in [1.807, 2.05) is 6.21 Å². The Morgan fingerprint density at radius 2 is 1.96 bits per heavy atom. The van der Waals surface area contributed by atoms with Gasteiger partial charge >= 0.3 is 0 Å². The van der Waals surface area contributed by atoms with Crippen molar-refractivity contribution in [2.45, 2.75) is 81.2 Å². The van der Waals surface area contributed by atoms with E-state index in [1.165, 1.54) is 50.9 Å². The van der Waals surface area contributed by atoms with Crippen molar-refractivity contribution in [1.29, 1.82) is 0 Å². The van der Waals surface area contributed by atoms with Gasteiger partial charge in [0.1, 0.15) is 11.5 Å². The standard InChI is InChI=1S/C41H39N3O2/c1-4-13-35-28(9-1)29-20-22-42-25-36(29)44(35)27-17-19-33-40(24-27)46-38-15-6-3-11-31(38)41(33)30-10-2-5-14-37(30)45-39-23-26(16-18-32(39)41)34-12-7-8-21-43-34/h1-2,4-5,7-11,13-14,17,19-23,27,33-34,38,40,42H,3,6,12,15-16,18,24-25H2. The summed E-state index contributed by atoms with van der Waals surface area (Å²) < 4.78 is 16.7. The predicted octanol–water partition coefficient (Wildman–Crippen LogP) is 8.41. The summed E-state index contributed by atoms with van der Waals surface area (Å²) in [5.41, 5.74) is 9.39. The molecule has 230 valence electrons. The van der Waals surface area contributed by atoms with Gasteiger partial charge in [0.15, 0.2) is 0 Å². The summed E-state index contributed by atoms with van der Waals surface area (Å²) in [4.78, 5) is 4.84. The Hall–Kier alpha value is -4.35. The van der Waals surface area contributed by atoms with Gasteiger partial charge in [0.2, 0.25) is 0 Å². The van der Waals surface area contributed by atoms with Crippen LogP contribution in [0.25, 0.3) is 17.0 Å². The SMILES string of the molecule is C1=CCC(C2=CC3=C(CC2)C2(C4=CCCCC4OC4CC(n5c6c(c7ccccc75)C=CNC6)C=CC42)c2ccccc2O3)N=C1. The summed E-state index contributed by atoms with van der Waals surface area (Å²) in [7, 11) is 0. The van der Waals surface area contributed by atoms with Crippen molar-refractivity contribution in [2.75, 3.05) is 0 Å². The second kappa shape index (κ2) is 10.3. The molecule has 6 atom stereocenters. The van der Waals surface area contributed by atoms with E-state index in [0.717, 1.165) is 56.6 Å². The molecule has 5 heterocycles. The summed E-state index contributed by atoms with van der Waals surface area (Å²) in [5, 5.41) is 4.82. The quantitative estimate of drug-likeness (QED) is 0.299. The van der Waals surface area contributed by atoms with Gasteiger partial charge < -0.3 is 19.4 Å². The van der Waals surface area contributed by atoms with Crippen LogP contribution in [0, 0.1) is 5.92 Å². The number of fused-ring (bicyclic) bond motifs is 10. The maximum atomic E-state index is 7.25. The lowest BCUT2D eigenvalue weighted by atomic mass is 9.52. The molecule has 5 nitrogen and oxygen atoms in total. The van der Waals surface area contributed by atoms with Gasteiger partial charge in [-0.25, -0.2) is 0 Å². The molecule has 1 spiro atoms. The number of para-hydroxylation sites is 2. The molecule has 10 rings (SSSR count). The average molecular weight is 606 g/mol. The lowest BCUT2D eigenvalue weighted by Crippen LogP contribution is -2.57. The number of ether oxygens (including phenoxy) is 2. The monoisotopic (exact) mass is 605 g/mol. The van der Waals surface area contributed by atoms with E-state index in [1.54, 1.807) is 0 Å². The van der Waals surface area contributed by atoms with Crippen LogP contribution in [0.1, 0.15) is 67.8 Å². The van der Waals surface area contributed by atoms with Crippen LogP contribution >= 0.6 is 0 Å². The van der Waals surface area contributed by atoms with Crippen molar-refractivity contribution < 1.29 is 9.47 Å². The van der Waals surface area contributed by atoms with Gasteiger partial charge in [0.05, 0.1) is 36.3 Å². The minimum absolute atomic E-state index is 0.0949. The third kappa shape index (κ3) is 3.75. The molecule has 7 aliphatic rings. The lowest BCUT2D eigenvalue weighted by molar-refractivity contribution is -0.0816. The molecular formula is C41H39N3O2. The molecule has 1 aromatic heterocycles. The number of dihydropyridines is 1. The Morgan fingerprint density at radius 1 is 1.02 bits per heavy atom. The zero-order chi connectivity index (χ0) is 30.2. The summed E-state index contributed by atoms with van der Waals surface area (Å²) in [5.74, 6) is 2.24. The highest BCUT2D eigenvalue weighted by Gasteiger charge is 2.59. The van der Waals surface area contributed by atoms with E-state index in [9.17, 15) is 0 Å². The van der Waals surface area contributed by atoms with Crippen molar-refractivity contribution in [3.63, 3.8) is 0 Å². The van der Waals surface area contributed by atoms with Gasteiger partial charge in [-0.05, 0) is 98.2 Å². The van der Waals surface area contributed by atoms with Crippen molar-refractivity contribution in [2.24, 2.45) is 10.9 Å². The molecule has 5 heteroatoms. The van der Waals surface area contributed by atoms with E-state index in [-0.39, 0.29) is 35.6 Å². The Labute approximate surface area is 270 Å². The van der Waals surface area contributed by atoms with Gasteiger partial charge in [-0.3, -0.25) is 4.99 Å². The molecule has 0 radical (unpaired) electrons. The van der Waals surface area contributed by atoms with E-state index in [2.05, 4.69) is 107 Å². The Morgan fingerprint density at radius 3 is 2.91 bits per heavy atom. The first-order valence-corrected chi connectivity index (χ1v) is 17.3. The normalized spacial score (nSPS) is 32.0. The summed E-state index contributed by atoms with van der Waals surface area (Å²) in [6, 6.07) is 18.2. The molecule has 3 aromatic rings. The van der Waals surface area contributed by atoms with Gasteiger partial charge in [-0.15, -0.1) is 0 Å². The van der Waals surface area contributed by atoms with Gasteiger partial charge in [0, 0.05) is 39.9 Å². The highest BCUT2D eigenvalue weighted by molar-refractivity contribution is 5.92. The summed E-state index contributed by atoms with van der Waals surface area (Å²) in [6.45, 7) is 0.843. The predicted molar refractivity (Wildman–Crippen MR) is 184 cm³/mol. The molecule has 6 unspecified atom stereocenters. The van der Waals surface area contributed by atoms with E-state index in [0.29, 0.717) is 0 Å². The zero-order valence-electron chi connectivity index (χ0n) is 26.1. The fourth-order valence-corrected chi connectivity index (χ4v) is 9.85. The number of nitrogens with one attached hydrogen (secondary N) is 1. The zero-order valence-corrected chi connectivity index (χ0v) is 26.1. The minimum Gasteiger partial charge on any atom is -0.457 e. The van der Waals surface area contributed by atoms with Gasteiger partial charge in [0.25, 0.3) is 0 Å². The highest BCUT2D eigenvalue weighted by Crippen LogP contribution is 2.62. The third-order valence-corrected chi connectivity index (χ3v) is 11.7. The molecule has 0 bridgehead atoms. The summed E-state index contributed by atoms with van der Waals surface area (Å²) in [6.07, 6.45) is 28.1. The molecule has 1 N–H and O–H groups in total. The second-order valence-electron chi connectivity index (χ2n) is 13.9. The summed E-state index contributed by atoms with van der Waals surface area (Å²) >= 11 is 0. The van der Waals surface area contributed by atoms with Crippen LogP contribution in [-0.4, -0.2) is 29.0 Å². The van der Waals surface area contributed by atoms with Crippen molar-refractivity contribution in [1.82, 2.24) is 9.88 Å². The largest absolute Gasteiger partial charge is 0.457 e. The molecular weight excluding hydrogens is 566 g/mol. The Balaban J connectivity index is 1.16. The van der Waals surface area contributed by atoms with Crippen LogP contribution in [0.3, 0.4) is 0 Å². The van der Waals surface area contributed by atoms with E-state index in [4.69, 9.17) is 14.5 Å². The van der Waals surface area contributed by atoms with Crippen LogP contribution in [-0.2, 0) is 16.7 Å². The molecule has 3 aliphatic carbocycles. The molecule has 0 saturated carbocycles. The molecule has 1 fully saturated rings. The lowest BCUT2D eigenvalue weighted by Gasteiger charge is -2.57. The number of hydrogen-bond donors (Lipinski definition) is 1. The van der Waals surface area contributed by atoms with Gasteiger partial charge in [-0.1, -0.05) is 60.7 Å². The first-order chi connectivity index (χ1) is 22.8. The van der Waals surface area contributed by atoms with Gasteiger partial charge in [-0.2, -0.15) is 0 Å². The molecule has 4 aliphatic heterocycles. The van der Waals surface area contributed by atoms with Crippen molar-refractivity contribution >= 4 is 23.2 Å². The number of rotatable bonds is 2. The number of aliphatic imine (C=N–C) groups is 1. The first-order valence-electron chi connectivity index (χ1n) is 17.3. The van der Waals surface area contributed by atoms with E-state index < -0.39 is 0 Å². The molecule has 0 amide bonds. The number of hydrogen-bond acceptors (Lipinski definition) is 4. The fraction of sp³-hybridized carbons (Fsp3) is 0.341. The number of nitrogens with zero attached hydrogens (tertiary/aromatic N) is 2. The van der Waals surface area contributed by atoms with Crippen LogP contribution in [0.5, 0.6) is 5.75 Å². The number of benzene rings is 2. The van der Waals surface area contributed by atoms with Crippen molar-refractivity contribution in [3.05, 3.63) is 130 Å². The topological polar surface area (TPSA) is 47.8 Å². The minimum atomic E-state index is -0.264. The van der Waals surface area contributed by atoms with Crippen LogP contribution in [0.15, 0.2) is 119 Å². The van der Waals surface area contributed by atoms with Crippen LogP contribution in [0.4, 0.5) is 0 Å². The Bertz CT molecular complexity index is 1980. The first kappa shape index (κ1) is 26.8. The molecule has 46 heavy (non-hydrogen) atoms.